The van der Waals surface area contributed by atoms with Crippen LogP contribution in [0, 0.1) is 6.92 Å². The van der Waals surface area contributed by atoms with Gasteiger partial charge in [0.2, 0.25) is 0 Å². The molecule has 0 radical (unpaired) electrons. The number of hydrogen-bond donors (Lipinski definition) is 0. The monoisotopic (exact) mass is 440 g/mol. The average Bonchev–Trinajstić information content (AvgIpc) is 3.07. The molecule has 162 valence electrons. The summed E-state index contributed by atoms with van der Waals surface area (Å²) in [5.41, 5.74) is 2.69. The van der Waals surface area contributed by atoms with Gasteiger partial charge in [-0.15, -0.1) is 0 Å². The first-order valence-corrected chi connectivity index (χ1v) is 10.5. The second-order valence-electron chi connectivity index (χ2n) is 6.64. The van der Waals surface area contributed by atoms with E-state index < -0.39 is 5.91 Å². The molecule has 1 amide bonds. The first kappa shape index (κ1) is 22.3. The Bertz CT molecular complexity index is 1210. The van der Waals surface area contributed by atoms with Gasteiger partial charge in [-0.25, -0.2) is 0 Å². The molecule has 7 nitrogen and oxygen atoms in total. The van der Waals surface area contributed by atoms with Gasteiger partial charge in [0.25, 0.3) is 5.91 Å². The quantitative estimate of drug-likeness (QED) is 0.413. The molecule has 0 N–H and O–H groups in total. The maximum absolute atomic E-state index is 12.5. The van der Waals surface area contributed by atoms with Crippen LogP contribution in [0.3, 0.4) is 0 Å². The molecule has 0 aliphatic rings. The number of esters is 1. The van der Waals surface area contributed by atoms with Crippen LogP contribution in [0.2, 0.25) is 0 Å². The van der Waals surface area contributed by atoms with Gasteiger partial charge in [0.1, 0.15) is 6.54 Å². The number of thiazole rings is 1. The van der Waals surface area contributed by atoms with Gasteiger partial charge in [-0.1, -0.05) is 23.5 Å². The third-order valence-electron chi connectivity index (χ3n) is 4.46. The standard InChI is InChI=1S/C23H24N2O5S/c1-5-30-22(27)14-25-17-9-6-15(2)12-20(17)31-23(25)24-21(26)11-8-16-7-10-18(28-3)19(13-16)29-4/h6-13H,5,14H2,1-4H3/b11-8-,24-23?. The lowest BCUT2D eigenvalue weighted by Crippen LogP contribution is -2.22. The van der Waals surface area contributed by atoms with Crippen LogP contribution in [-0.4, -0.2) is 37.3 Å². The Labute approximate surface area is 184 Å². The molecule has 3 aromatic rings. The lowest BCUT2D eigenvalue weighted by Gasteiger charge is -2.07. The highest BCUT2D eigenvalue weighted by Gasteiger charge is 2.12. The molecular weight excluding hydrogens is 416 g/mol. The van der Waals surface area contributed by atoms with Crippen molar-refractivity contribution in [3.63, 3.8) is 0 Å². The number of amides is 1. The van der Waals surface area contributed by atoms with Crippen LogP contribution in [0.4, 0.5) is 0 Å². The minimum Gasteiger partial charge on any atom is -0.493 e. The first-order valence-electron chi connectivity index (χ1n) is 9.69. The Balaban J connectivity index is 1.94. The van der Waals surface area contributed by atoms with E-state index >= 15 is 0 Å². The number of methoxy groups -OCH3 is 2. The Kier molecular flexibility index (Phi) is 7.25. The predicted octanol–water partition coefficient (Wildman–Crippen LogP) is 3.73. The maximum atomic E-state index is 12.5. The second-order valence-corrected chi connectivity index (χ2v) is 7.65. The van der Waals surface area contributed by atoms with Crippen LogP contribution in [0.5, 0.6) is 11.5 Å². The van der Waals surface area contributed by atoms with Crippen LogP contribution in [0.15, 0.2) is 47.5 Å². The van der Waals surface area contributed by atoms with E-state index in [1.54, 1.807) is 43.9 Å². The lowest BCUT2D eigenvalue weighted by atomic mass is 10.2. The van der Waals surface area contributed by atoms with E-state index in [1.807, 2.05) is 31.2 Å². The first-order chi connectivity index (χ1) is 14.9. The van der Waals surface area contributed by atoms with Crippen LogP contribution in [0.25, 0.3) is 16.3 Å². The Hall–Kier alpha value is -3.39. The van der Waals surface area contributed by atoms with Gasteiger partial charge in [-0.05, 0) is 55.3 Å². The van der Waals surface area contributed by atoms with Crippen molar-refractivity contribution in [2.75, 3.05) is 20.8 Å². The fourth-order valence-corrected chi connectivity index (χ4v) is 4.14. The molecule has 1 aromatic heterocycles. The van der Waals surface area contributed by atoms with Crippen molar-refractivity contribution >= 4 is 39.5 Å². The van der Waals surface area contributed by atoms with E-state index in [0.29, 0.717) is 22.9 Å². The van der Waals surface area contributed by atoms with E-state index in [-0.39, 0.29) is 12.5 Å². The third kappa shape index (κ3) is 5.40. The normalized spacial score (nSPS) is 11.8. The topological polar surface area (TPSA) is 79.1 Å². The van der Waals surface area contributed by atoms with E-state index in [2.05, 4.69) is 4.99 Å². The highest BCUT2D eigenvalue weighted by atomic mass is 32.1. The number of rotatable bonds is 7. The zero-order chi connectivity index (χ0) is 22.4. The smallest absolute Gasteiger partial charge is 0.326 e. The number of carbonyl (C=O) groups is 2. The summed E-state index contributed by atoms with van der Waals surface area (Å²) in [7, 11) is 3.12. The van der Waals surface area contributed by atoms with Crippen LogP contribution in [0.1, 0.15) is 18.1 Å². The van der Waals surface area contributed by atoms with Crippen LogP contribution in [-0.2, 0) is 20.9 Å². The van der Waals surface area contributed by atoms with Gasteiger partial charge in [0, 0.05) is 6.08 Å². The number of aromatic nitrogens is 1. The Morgan fingerprint density at radius 1 is 1.10 bits per heavy atom. The largest absolute Gasteiger partial charge is 0.493 e. The molecule has 0 atom stereocenters. The van der Waals surface area contributed by atoms with Crippen LogP contribution < -0.4 is 14.3 Å². The summed E-state index contributed by atoms with van der Waals surface area (Å²) in [6.07, 6.45) is 3.03. The number of nitrogens with zero attached hydrogens (tertiary/aromatic N) is 2. The number of carbonyl (C=O) groups excluding carboxylic acids is 2. The van der Waals surface area contributed by atoms with Crippen molar-refractivity contribution in [1.82, 2.24) is 4.57 Å². The van der Waals surface area contributed by atoms with Crippen molar-refractivity contribution in [1.29, 1.82) is 0 Å². The maximum Gasteiger partial charge on any atom is 0.326 e. The highest BCUT2D eigenvalue weighted by Crippen LogP contribution is 2.28. The van der Waals surface area contributed by atoms with Gasteiger partial charge in [-0.3, -0.25) is 9.59 Å². The minimum atomic E-state index is -0.435. The molecule has 0 saturated heterocycles. The van der Waals surface area contributed by atoms with Crippen molar-refractivity contribution in [2.24, 2.45) is 4.99 Å². The molecular formula is C23H24N2O5S. The number of fused-ring (bicyclic) bond motifs is 1. The zero-order valence-corrected chi connectivity index (χ0v) is 18.7. The minimum absolute atomic E-state index is 0.0115. The fourth-order valence-electron chi connectivity index (χ4n) is 3.01. The summed E-state index contributed by atoms with van der Waals surface area (Å²) in [6.45, 7) is 4.02. The molecule has 0 aliphatic heterocycles. The predicted molar refractivity (Wildman–Crippen MR) is 120 cm³/mol. The molecule has 0 saturated carbocycles. The van der Waals surface area contributed by atoms with E-state index in [9.17, 15) is 9.59 Å². The molecule has 0 unspecified atom stereocenters. The van der Waals surface area contributed by atoms with E-state index in [0.717, 1.165) is 21.3 Å². The highest BCUT2D eigenvalue weighted by molar-refractivity contribution is 7.16. The summed E-state index contributed by atoms with van der Waals surface area (Å²) in [4.78, 5) is 29.3. The van der Waals surface area contributed by atoms with Gasteiger partial charge in [0.05, 0.1) is 31.0 Å². The average molecular weight is 441 g/mol. The molecule has 0 spiro atoms. The van der Waals surface area contributed by atoms with Crippen molar-refractivity contribution < 1.29 is 23.8 Å². The van der Waals surface area contributed by atoms with Crippen molar-refractivity contribution in [3.8, 4) is 11.5 Å². The lowest BCUT2D eigenvalue weighted by molar-refractivity contribution is -0.143. The number of benzene rings is 2. The van der Waals surface area contributed by atoms with Gasteiger partial charge in [-0.2, -0.15) is 4.99 Å². The summed E-state index contributed by atoms with van der Waals surface area (Å²) in [5.74, 6) is 0.366. The fraction of sp³-hybridized carbons (Fsp3) is 0.261. The molecule has 0 bridgehead atoms. The van der Waals surface area contributed by atoms with Crippen molar-refractivity contribution in [3.05, 3.63) is 58.4 Å². The Morgan fingerprint density at radius 3 is 2.58 bits per heavy atom. The van der Waals surface area contributed by atoms with E-state index in [4.69, 9.17) is 14.2 Å². The third-order valence-corrected chi connectivity index (χ3v) is 5.50. The van der Waals surface area contributed by atoms with Gasteiger partial charge < -0.3 is 18.8 Å². The summed E-state index contributed by atoms with van der Waals surface area (Å²) in [6, 6.07) is 11.2. The number of hydrogen-bond acceptors (Lipinski definition) is 6. The van der Waals surface area contributed by atoms with Gasteiger partial charge in [0.15, 0.2) is 16.3 Å². The second kappa shape index (κ2) is 10.1. The Morgan fingerprint density at radius 2 is 1.87 bits per heavy atom. The molecule has 0 aliphatic carbocycles. The molecule has 3 rings (SSSR count). The van der Waals surface area contributed by atoms with Gasteiger partial charge >= 0.3 is 5.97 Å². The number of aryl methyl sites for hydroxylation is 1. The molecule has 1 heterocycles. The molecule has 8 heteroatoms. The SMILES string of the molecule is CCOC(=O)Cn1c(=NC(=O)/C=C\c2ccc(OC)c(OC)c2)sc2cc(C)ccc21. The van der Waals surface area contributed by atoms with Crippen molar-refractivity contribution in [2.45, 2.75) is 20.4 Å². The summed E-state index contributed by atoms with van der Waals surface area (Å²) >= 11 is 1.36. The molecule has 0 fully saturated rings. The summed E-state index contributed by atoms with van der Waals surface area (Å²) in [5, 5.41) is 0. The van der Waals surface area contributed by atoms with Crippen LogP contribution >= 0.6 is 11.3 Å². The summed E-state index contributed by atoms with van der Waals surface area (Å²) < 4.78 is 18.2. The van der Waals surface area contributed by atoms with E-state index in [1.165, 1.54) is 17.4 Å². The number of ether oxygens (including phenoxy) is 3. The molecule has 2 aromatic carbocycles. The molecule has 31 heavy (non-hydrogen) atoms. The zero-order valence-electron chi connectivity index (χ0n) is 17.9.